The van der Waals surface area contributed by atoms with Gasteiger partial charge in [-0.25, -0.2) is 4.79 Å². The summed E-state index contributed by atoms with van der Waals surface area (Å²) in [6.45, 7) is 12.0. The Morgan fingerprint density at radius 3 is 2.10 bits per heavy atom. The predicted octanol–water partition coefficient (Wildman–Crippen LogP) is 5.03. The van der Waals surface area contributed by atoms with E-state index in [1.54, 1.807) is 29.2 Å². The first-order chi connectivity index (χ1) is 24.4. The fourth-order valence-corrected chi connectivity index (χ4v) is 7.76. The first-order valence-electron chi connectivity index (χ1n) is 18.3. The van der Waals surface area contributed by atoms with E-state index in [9.17, 15) is 34.6 Å². The highest BCUT2D eigenvalue weighted by Gasteiger charge is 2.46. The van der Waals surface area contributed by atoms with Crippen LogP contribution in [0.2, 0.25) is 0 Å². The van der Waals surface area contributed by atoms with Gasteiger partial charge in [-0.05, 0) is 95.4 Å². The van der Waals surface area contributed by atoms with Crippen LogP contribution in [0.5, 0.6) is 5.75 Å². The van der Waals surface area contributed by atoms with E-state index in [0.717, 1.165) is 11.1 Å². The Morgan fingerprint density at radius 2 is 1.50 bits per heavy atom. The average Bonchev–Trinajstić information content (AvgIpc) is 3.56. The molecule has 2 saturated heterocycles. The second-order valence-corrected chi connectivity index (χ2v) is 16.0. The van der Waals surface area contributed by atoms with Gasteiger partial charge in [0.05, 0.1) is 12.0 Å². The molecule has 52 heavy (non-hydrogen) atoms. The molecule has 2 heterocycles. The minimum atomic E-state index is -1.14. The summed E-state index contributed by atoms with van der Waals surface area (Å²) in [5, 5.41) is 40.0. The maximum Gasteiger partial charge on any atom is 0.405 e. The lowest BCUT2D eigenvalue weighted by Crippen LogP contribution is -2.64. The van der Waals surface area contributed by atoms with Crippen molar-refractivity contribution in [3.63, 3.8) is 0 Å². The molecule has 2 aliphatic heterocycles. The van der Waals surface area contributed by atoms with Crippen molar-refractivity contribution < 1.29 is 34.6 Å². The van der Waals surface area contributed by atoms with E-state index in [0.29, 0.717) is 45.1 Å². The maximum atomic E-state index is 14.3. The summed E-state index contributed by atoms with van der Waals surface area (Å²) in [6, 6.07) is 13.5. The largest absolute Gasteiger partial charge is 0.508 e. The summed E-state index contributed by atoms with van der Waals surface area (Å²) in [5.41, 5.74) is 0.482. The molecular weight excluding hydrogens is 662 g/mol. The molecule has 12 nitrogen and oxygen atoms in total. The normalized spacial score (nSPS) is 20.7. The number of likely N-dealkylation sites (tertiary alicyclic amines) is 1. The second-order valence-electron chi connectivity index (χ2n) is 16.0. The zero-order valence-electron chi connectivity index (χ0n) is 31.3. The fraction of sp³-hybridized carbons (Fsp3) is 0.550. The van der Waals surface area contributed by atoms with E-state index in [1.807, 2.05) is 71.9 Å². The first kappa shape index (κ1) is 40.4. The Labute approximate surface area is 307 Å². The van der Waals surface area contributed by atoms with Crippen LogP contribution in [-0.2, 0) is 27.2 Å². The van der Waals surface area contributed by atoms with Gasteiger partial charge in [0, 0.05) is 30.1 Å². The van der Waals surface area contributed by atoms with Gasteiger partial charge in [-0.1, -0.05) is 68.5 Å². The molecule has 284 valence electrons. The Bertz CT molecular complexity index is 1540. The monoisotopic (exact) mass is 719 g/mol. The van der Waals surface area contributed by atoms with Crippen molar-refractivity contribution >= 4 is 23.8 Å². The van der Waals surface area contributed by atoms with Crippen molar-refractivity contribution in [2.24, 2.45) is 11.8 Å². The van der Waals surface area contributed by atoms with Crippen molar-refractivity contribution in [3.05, 3.63) is 77.9 Å². The van der Waals surface area contributed by atoms with Gasteiger partial charge < -0.3 is 36.3 Å². The number of aromatic hydroxyl groups is 1. The Morgan fingerprint density at radius 1 is 0.885 bits per heavy atom. The molecule has 0 aliphatic carbocycles. The summed E-state index contributed by atoms with van der Waals surface area (Å²) < 4.78 is 0. The number of piperidine rings is 1. The molecule has 0 radical (unpaired) electrons. The van der Waals surface area contributed by atoms with Gasteiger partial charge in [0.15, 0.2) is 0 Å². The smallest absolute Gasteiger partial charge is 0.405 e. The lowest BCUT2D eigenvalue weighted by Gasteiger charge is -2.51. The third-order valence-corrected chi connectivity index (χ3v) is 10.1. The second kappa shape index (κ2) is 17.4. The van der Waals surface area contributed by atoms with Crippen LogP contribution < -0.4 is 16.0 Å². The fourth-order valence-electron chi connectivity index (χ4n) is 7.76. The summed E-state index contributed by atoms with van der Waals surface area (Å²) in [4.78, 5) is 55.5. The number of nitrogens with zero attached hydrogens (tertiary/aromatic N) is 2. The number of hydroxylamine groups is 2. The highest BCUT2D eigenvalue weighted by atomic mass is 16.5. The highest BCUT2D eigenvalue weighted by Crippen LogP contribution is 2.36. The van der Waals surface area contributed by atoms with Crippen molar-refractivity contribution in [2.45, 2.75) is 122 Å². The molecule has 0 saturated carbocycles. The van der Waals surface area contributed by atoms with Gasteiger partial charge in [-0.3, -0.25) is 14.4 Å². The van der Waals surface area contributed by atoms with Gasteiger partial charge in [0.1, 0.15) is 17.8 Å². The van der Waals surface area contributed by atoms with E-state index in [-0.39, 0.29) is 35.9 Å². The number of amides is 4. The number of hydrogen-bond donors (Lipinski definition) is 6. The Kier molecular flexibility index (Phi) is 13.5. The SMILES string of the molecule is CC(C)CC(/C=C/C(Cc1ccccc1)C(=O)N1CCC[C@H]1C(=O)NC(Cc1ccc(O)cc1)C(=O)NC1CC(C)(C)N(O)C(C)(C)C1)NC(=O)O. The van der Waals surface area contributed by atoms with Gasteiger partial charge in [-0.2, -0.15) is 5.06 Å². The third-order valence-electron chi connectivity index (χ3n) is 10.1. The minimum Gasteiger partial charge on any atom is -0.508 e. The molecule has 0 aromatic heterocycles. The number of nitrogens with one attached hydrogen (secondary N) is 3. The van der Waals surface area contributed by atoms with Gasteiger partial charge in [0.2, 0.25) is 17.7 Å². The van der Waals surface area contributed by atoms with E-state index < -0.39 is 47.1 Å². The van der Waals surface area contributed by atoms with Crippen molar-refractivity contribution in [2.75, 3.05) is 6.54 Å². The van der Waals surface area contributed by atoms with Crippen LogP contribution in [0, 0.1) is 11.8 Å². The molecule has 2 fully saturated rings. The molecule has 4 rings (SSSR count). The average molecular weight is 720 g/mol. The molecule has 2 aromatic rings. The molecule has 0 bridgehead atoms. The molecule has 2 aliphatic rings. The molecule has 4 atom stereocenters. The van der Waals surface area contributed by atoms with Crippen LogP contribution in [0.4, 0.5) is 4.79 Å². The molecule has 2 aromatic carbocycles. The standard InChI is InChI=1S/C40H57N5O7/c1-26(2)21-30(42-38(50)51)17-16-29(22-27-11-8-7-9-12-27)37(49)44-20-10-13-34(44)36(48)43-33(23-28-14-18-32(46)19-15-28)35(47)41-31-24-39(3,4)45(52)40(5,6)25-31/h7-9,11-12,14-19,26,29-31,33-34,42,46,52H,10,13,20-25H2,1-6H3,(H,41,47)(H,43,48)(H,50,51)/b17-16+/t29?,30?,33?,34-/m0/s1. The number of carbonyl (C=O) groups excluding carboxylic acids is 3. The molecule has 6 N–H and O–H groups in total. The topological polar surface area (TPSA) is 172 Å². The van der Waals surface area contributed by atoms with Crippen molar-refractivity contribution in [1.82, 2.24) is 25.9 Å². The van der Waals surface area contributed by atoms with E-state index in [1.165, 1.54) is 17.2 Å². The quantitative estimate of drug-likeness (QED) is 0.148. The summed E-state index contributed by atoms with van der Waals surface area (Å²) in [6.07, 6.45) is 5.49. The lowest BCUT2D eigenvalue weighted by atomic mass is 9.79. The highest BCUT2D eigenvalue weighted by molar-refractivity contribution is 5.93. The number of phenolic OH excluding ortho intramolecular Hbond substituents is 1. The van der Waals surface area contributed by atoms with Gasteiger partial charge in [-0.15, -0.1) is 0 Å². The maximum absolute atomic E-state index is 14.3. The number of carboxylic acid groups (broad SMARTS) is 1. The van der Waals surface area contributed by atoms with Gasteiger partial charge >= 0.3 is 6.09 Å². The molecule has 3 unspecified atom stereocenters. The van der Waals surface area contributed by atoms with Crippen LogP contribution in [0.25, 0.3) is 0 Å². The van der Waals surface area contributed by atoms with Crippen LogP contribution >= 0.6 is 0 Å². The molecular formula is C40H57N5O7. The zero-order chi connectivity index (χ0) is 38.2. The van der Waals surface area contributed by atoms with E-state index in [2.05, 4.69) is 16.0 Å². The third kappa shape index (κ3) is 11.0. The van der Waals surface area contributed by atoms with Crippen molar-refractivity contribution in [1.29, 1.82) is 0 Å². The predicted molar refractivity (Wildman–Crippen MR) is 199 cm³/mol. The molecule has 12 heteroatoms. The van der Waals surface area contributed by atoms with Crippen LogP contribution in [-0.4, -0.2) is 91.0 Å². The zero-order valence-corrected chi connectivity index (χ0v) is 31.3. The van der Waals surface area contributed by atoms with Crippen LogP contribution in [0.3, 0.4) is 0 Å². The number of phenols is 1. The number of carbonyl (C=O) groups is 4. The van der Waals surface area contributed by atoms with Crippen molar-refractivity contribution in [3.8, 4) is 5.75 Å². The van der Waals surface area contributed by atoms with Crippen LogP contribution in [0.15, 0.2) is 66.7 Å². The van der Waals surface area contributed by atoms with Crippen LogP contribution in [0.1, 0.15) is 84.8 Å². The summed E-state index contributed by atoms with van der Waals surface area (Å²) >= 11 is 0. The summed E-state index contributed by atoms with van der Waals surface area (Å²) in [5.74, 6) is -1.39. The lowest BCUT2D eigenvalue weighted by molar-refractivity contribution is -0.246. The minimum absolute atomic E-state index is 0.0856. The van der Waals surface area contributed by atoms with Gasteiger partial charge in [0.25, 0.3) is 0 Å². The number of hydrogen-bond acceptors (Lipinski definition) is 7. The first-order valence-corrected chi connectivity index (χ1v) is 18.3. The molecule has 0 spiro atoms. The summed E-state index contributed by atoms with van der Waals surface area (Å²) in [7, 11) is 0. The molecule has 4 amide bonds. The Balaban J connectivity index is 1.56. The van der Waals surface area contributed by atoms with E-state index in [4.69, 9.17) is 0 Å². The number of rotatable bonds is 14. The Hall–Kier alpha value is -4.42. The van der Waals surface area contributed by atoms with E-state index >= 15 is 0 Å². The number of benzene rings is 2.